The van der Waals surface area contributed by atoms with Gasteiger partial charge >= 0.3 is 0 Å². The van der Waals surface area contributed by atoms with Gasteiger partial charge in [0, 0.05) is 31.0 Å². The van der Waals surface area contributed by atoms with Crippen molar-refractivity contribution in [3.8, 4) is 0 Å². The molecule has 0 saturated carbocycles. The number of rotatable bonds is 3. The molecular formula is C17H19ClN4O. The Bertz CT molecular complexity index is 692. The molecule has 1 aromatic heterocycles. The lowest BCUT2D eigenvalue weighted by molar-refractivity contribution is 0.0714. The maximum Gasteiger partial charge on any atom is 0.255 e. The predicted octanol–water partition coefficient (Wildman–Crippen LogP) is 3.03. The molecule has 1 aliphatic heterocycles. The number of benzene rings is 1. The second-order valence-corrected chi connectivity index (χ2v) is 6.10. The summed E-state index contributed by atoms with van der Waals surface area (Å²) in [7, 11) is 0. The van der Waals surface area contributed by atoms with Crippen molar-refractivity contribution in [2.45, 2.75) is 18.9 Å². The standard InChI is InChI=1S/C17H19ClN4O/c18-15-9-12(10-20-16(15)19)17(23)22-8-4-7-14(11-22)21-13-5-2-1-3-6-13/h1-3,5-6,9-10,14,21H,4,7-8,11H2,(H2,19,20). The van der Waals surface area contributed by atoms with E-state index >= 15 is 0 Å². The van der Waals surface area contributed by atoms with E-state index in [-0.39, 0.29) is 17.8 Å². The molecule has 0 bridgehead atoms. The number of carbonyl (C=O) groups excluding carboxylic acids is 1. The Kier molecular flexibility index (Phi) is 4.67. The van der Waals surface area contributed by atoms with Crippen molar-refractivity contribution in [2.24, 2.45) is 0 Å². The Morgan fingerprint density at radius 1 is 1.35 bits per heavy atom. The van der Waals surface area contributed by atoms with Crippen molar-refractivity contribution >= 4 is 29.0 Å². The highest BCUT2D eigenvalue weighted by atomic mass is 35.5. The summed E-state index contributed by atoms with van der Waals surface area (Å²) in [4.78, 5) is 18.4. The Morgan fingerprint density at radius 2 is 2.13 bits per heavy atom. The van der Waals surface area contributed by atoms with Crippen LogP contribution >= 0.6 is 11.6 Å². The van der Waals surface area contributed by atoms with Gasteiger partial charge in [0.25, 0.3) is 5.91 Å². The molecule has 1 aromatic carbocycles. The Hall–Kier alpha value is -2.27. The summed E-state index contributed by atoms with van der Waals surface area (Å²) in [6.07, 6.45) is 3.49. The molecule has 1 saturated heterocycles. The number of nitrogens with zero attached hydrogens (tertiary/aromatic N) is 2. The Balaban J connectivity index is 1.68. The van der Waals surface area contributed by atoms with Crippen LogP contribution in [0.3, 0.4) is 0 Å². The number of nitrogen functional groups attached to an aromatic ring is 1. The summed E-state index contributed by atoms with van der Waals surface area (Å²) in [6, 6.07) is 11.9. The molecular weight excluding hydrogens is 312 g/mol. The van der Waals surface area contributed by atoms with E-state index in [9.17, 15) is 4.79 Å². The van der Waals surface area contributed by atoms with Crippen molar-refractivity contribution in [2.75, 3.05) is 24.1 Å². The molecule has 1 unspecified atom stereocenters. The fourth-order valence-electron chi connectivity index (χ4n) is 2.80. The van der Waals surface area contributed by atoms with E-state index in [0.717, 1.165) is 25.1 Å². The van der Waals surface area contributed by atoms with E-state index in [1.54, 1.807) is 6.07 Å². The van der Waals surface area contributed by atoms with Crippen LogP contribution in [0.1, 0.15) is 23.2 Å². The quantitative estimate of drug-likeness (QED) is 0.907. The average molecular weight is 331 g/mol. The number of amides is 1. The van der Waals surface area contributed by atoms with Crippen molar-refractivity contribution in [3.63, 3.8) is 0 Å². The molecule has 5 nitrogen and oxygen atoms in total. The molecule has 3 N–H and O–H groups in total. The molecule has 120 valence electrons. The van der Waals surface area contributed by atoms with Crippen LogP contribution in [0, 0.1) is 0 Å². The van der Waals surface area contributed by atoms with Crippen LogP contribution in [-0.4, -0.2) is 34.9 Å². The third kappa shape index (κ3) is 3.74. The molecule has 2 aromatic rings. The number of piperidine rings is 1. The van der Waals surface area contributed by atoms with Gasteiger partial charge in [0.1, 0.15) is 5.82 Å². The molecule has 6 heteroatoms. The van der Waals surface area contributed by atoms with Crippen LogP contribution in [0.4, 0.5) is 11.5 Å². The van der Waals surface area contributed by atoms with Crippen LogP contribution in [0.5, 0.6) is 0 Å². The van der Waals surface area contributed by atoms with Crippen molar-refractivity contribution in [3.05, 3.63) is 53.2 Å². The molecule has 1 atom stereocenters. The highest BCUT2D eigenvalue weighted by Gasteiger charge is 2.25. The van der Waals surface area contributed by atoms with Gasteiger partial charge in [-0.1, -0.05) is 29.8 Å². The molecule has 3 rings (SSSR count). The van der Waals surface area contributed by atoms with Gasteiger partial charge in [0.05, 0.1) is 10.6 Å². The molecule has 2 heterocycles. The highest BCUT2D eigenvalue weighted by Crippen LogP contribution is 2.21. The normalized spacial score (nSPS) is 17.8. The minimum atomic E-state index is -0.0565. The zero-order valence-electron chi connectivity index (χ0n) is 12.7. The van der Waals surface area contributed by atoms with Gasteiger partial charge in [-0.05, 0) is 31.0 Å². The van der Waals surface area contributed by atoms with Crippen molar-refractivity contribution in [1.29, 1.82) is 0 Å². The molecule has 23 heavy (non-hydrogen) atoms. The number of hydrogen-bond donors (Lipinski definition) is 2. The van der Waals surface area contributed by atoms with E-state index in [0.29, 0.717) is 17.1 Å². The smallest absolute Gasteiger partial charge is 0.255 e. The highest BCUT2D eigenvalue weighted by molar-refractivity contribution is 6.33. The van der Waals surface area contributed by atoms with Gasteiger partial charge in [-0.15, -0.1) is 0 Å². The monoisotopic (exact) mass is 330 g/mol. The number of anilines is 2. The first kappa shape index (κ1) is 15.6. The van der Waals surface area contributed by atoms with Crippen LogP contribution in [0.2, 0.25) is 5.02 Å². The summed E-state index contributed by atoms with van der Waals surface area (Å²) >= 11 is 5.96. The maximum absolute atomic E-state index is 12.6. The number of hydrogen-bond acceptors (Lipinski definition) is 4. The van der Waals surface area contributed by atoms with E-state index in [1.165, 1.54) is 6.20 Å². The first-order chi connectivity index (χ1) is 11.1. The fraction of sp³-hybridized carbons (Fsp3) is 0.294. The number of para-hydroxylation sites is 1. The van der Waals surface area contributed by atoms with Crippen LogP contribution in [0.15, 0.2) is 42.6 Å². The largest absolute Gasteiger partial charge is 0.382 e. The van der Waals surface area contributed by atoms with E-state index < -0.39 is 0 Å². The number of likely N-dealkylation sites (tertiary alicyclic amines) is 1. The summed E-state index contributed by atoms with van der Waals surface area (Å²) in [5, 5.41) is 3.79. The molecule has 1 amide bonds. The summed E-state index contributed by atoms with van der Waals surface area (Å²) in [5.41, 5.74) is 7.15. The van der Waals surface area contributed by atoms with Crippen LogP contribution in [0.25, 0.3) is 0 Å². The lowest BCUT2D eigenvalue weighted by Crippen LogP contribution is -2.45. The van der Waals surface area contributed by atoms with Gasteiger partial charge < -0.3 is 16.0 Å². The van der Waals surface area contributed by atoms with Crippen molar-refractivity contribution < 1.29 is 4.79 Å². The minimum Gasteiger partial charge on any atom is -0.382 e. The third-order valence-electron chi connectivity index (χ3n) is 3.97. The van der Waals surface area contributed by atoms with Gasteiger partial charge in [-0.2, -0.15) is 0 Å². The summed E-state index contributed by atoms with van der Waals surface area (Å²) < 4.78 is 0. The first-order valence-corrected chi connectivity index (χ1v) is 8.03. The van der Waals surface area contributed by atoms with Gasteiger partial charge in [0.2, 0.25) is 0 Å². The van der Waals surface area contributed by atoms with E-state index in [1.807, 2.05) is 35.2 Å². The summed E-state index contributed by atoms with van der Waals surface area (Å²) in [5.74, 6) is 0.185. The summed E-state index contributed by atoms with van der Waals surface area (Å²) in [6.45, 7) is 1.41. The number of carbonyl (C=O) groups is 1. The second-order valence-electron chi connectivity index (χ2n) is 5.69. The second kappa shape index (κ2) is 6.87. The molecule has 1 fully saturated rings. The average Bonchev–Trinajstić information content (AvgIpc) is 2.58. The van der Waals surface area contributed by atoms with Gasteiger partial charge in [-0.3, -0.25) is 4.79 Å². The molecule has 0 aliphatic carbocycles. The molecule has 0 spiro atoms. The minimum absolute atomic E-state index is 0.0565. The van der Waals surface area contributed by atoms with Crippen LogP contribution < -0.4 is 11.1 Å². The predicted molar refractivity (Wildman–Crippen MR) is 92.6 cm³/mol. The zero-order valence-corrected chi connectivity index (χ0v) is 13.5. The number of nitrogens with one attached hydrogen (secondary N) is 1. The third-order valence-corrected chi connectivity index (χ3v) is 4.27. The van der Waals surface area contributed by atoms with Gasteiger partial charge in [-0.25, -0.2) is 4.98 Å². The lowest BCUT2D eigenvalue weighted by atomic mass is 10.0. The van der Waals surface area contributed by atoms with Crippen molar-refractivity contribution in [1.82, 2.24) is 9.88 Å². The Morgan fingerprint density at radius 3 is 2.87 bits per heavy atom. The van der Waals surface area contributed by atoms with Crippen LogP contribution in [-0.2, 0) is 0 Å². The number of pyridine rings is 1. The lowest BCUT2D eigenvalue weighted by Gasteiger charge is -2.33. The fourth-order valence-corrected chi connectivity index (χ4v) is 2.96. The van der Waals surface area contributed by atoms with Gasteiger partial charge in [0.15, 0.2) is 0 Å². The first-order valence-electron chi connectivity index (χ1n) is 7.65. The number of halogens is 1. The zero-order chi connectivity index (χ0) is 16.2. The maximum atomic E-state index is 12.6. The number of aromatic nitrogens is 1. The number of nitrogens with two attached hydrogens (primary N) is 1. The molecule has 1 aliphatic rings. The molecule has 0 radical (unpaired) electrons. The Labute approximate surface area is 140 Å². The topological polar surface area (TPSA) is 71.2 Å². The van der Waals surface area contributed by atoms with E-state index in [2.05, 4.69) is 10.3 Å². The van der Waals surface area contributed by atoms with E-state index in [4.69, 9.17) is 17.3 Å². The SMILES string of the molecule is Nc1ncc(C(=O)N2CCCC(Nc3ccccc3)C2)cc1Cl.